The third-order valence-electron chi connectivity index (χ3n) is 3.40. The van der Waals surface area contributed by atoms with Crippen LogP contribution in [0.1, 0.15) is 24.0 Å². The molecular formula is C15H22N2O2S. The highest BCUT2D eigenvalue weighted by atomic mass is 32.2. The summed E-state index contributed by atoms with van der Waals surface area (Å²) in [6.45, 7) is 2.69. The zero-order valence-corrected chi connectivity index (χ0v) is 12.4. The van der Waals surface area contributed by atoms with E-state index in [2.05, 4.69) is 10.6 Å². The number of carbonyl (C=O) groups excluding carboxylic acids is 1. The average molecular weight is 294 g/mol. The molecule has 2 rings (SSSR count). The van der Waals surface area contributed by atoms with Crippen molar-refractivity contribution in [3.05, 3.63) is 35.4 Å². The van der Waals surface area contributed by atoms with Crippen LogP contribution in [0.4, 0.5) is 0 Å². The van der Waals surface area contributed by atoms with Crippen molar-refractivity contribution in [3.63, 3.8) is 0 Å². The van der Waals surface area contributed by atoms with Crippen molar-refractivity contribution in [2.45, 2.75) is 31.2 Å². The number of rotatable bonds is 6. The predicted molar refractivity (Wildman–Crippen MR) is 82.6 cm³/mol. The van der Waals surface area contributed by atoms with Crippen molar-refractivity contribution in [2.75, 3.05) is 18.8 Å². The summed E-state index contributed by atoms with van der Waals surface area (Å²) in [6, 6.07) is 7.65. The van der Waals surface area contributed by atoms with E-state index in [4.69, 9.17) is 5.11 Å². The van der Waals surface area contributed by atoms with E-state index < -0.39 is 0 Å². The van der Waals surface area contributed by atoms with Gasteiger partial charge < -0.3 is 15.7 Å². The smallest absolute Gasteiger partial charge is 0.230 e. The Balaban J connectivity index is 1.68. The fourth-order valence-electron chi connectivity index (χ4n) is 2.25. The van der Waals surface area contributed by atoms with E-state index in [9.17, 15) is 4.79 Å². The fraction of sp³-hybridized carbons (Fsp3) is 0.533. The van der Waals surface area contributed by atoms with Crippen molar-refractivity contribution < 1.29 is 9.90 Å². The second-order valence-corrected chi connectivity index (χ2v) is 6.30. The highest BCUT2D eigenvalue weighted by molar-refractivity contribution is 8.00. The number of amides is 1. The minimum Gasteiger partial charge on any atom is -0.392 e. The summed E-state index contributed by atoms with van der Waals surface area (Å²) in [5, 5.41) is 15.9. The Hall–Kier alpha value is -1.04. The lowest BCUT2D eigenvalue weighted by Gasteiger charge is -2.21. The van der Waals surface area contributed by atoms with Gasteiger partial charge in [0.25, 0.3) is 0 Å². The molecule has 1 aromatic carbocycles. The summed E-state index contributed by atoms with van der Waals surface area (Å²) in [6.07, 6.45) is 2.30. The van der Waals surface area contributed by atoms with Gasteiger partial charge >= 0.3 is 0 Å². The summed E-state index contributed by atoms with van der Waals surface area (Å²) >= 11 is 1.76. The number of nitrogens with one attached hydrogen (secondary N) is 2. The number of aliphatic hydroxyl groups is 1. The van der Waals surface area contributed by atoms with E-state index >= 15 is 0 Å². The molecule has 0 spiro atoms. The molecule has 0 unspecified atom stereocenters. The Morgan fingerprint density at radius 3 is 2.85 bits per heavy atom. The molecule has 1 aliphatic heterocycles. The number of hydrogen-bond donors (Lipinski definition) is 3. The first-order valence-corrected chi connectivity index (χ1v) is 8.10. The molecule has 4 nitrogen and oxygen atoms in total. The summed E-state index contributed by atoms with van der Waals surface area (Å²) in [5.41, 5.74) is 1.90. The van der Waals surface area contributed by atoms with Crippen molar-refractivity contribution >= 4 is 17.7 Å². The molecule has 0 atom stereocenters. The summed E-state index contributed by atoms with van der Waals surface area (Å²) in [7, 11) is 0. The number of thioether (sulfide) groups is 1. The van der Waals surface area contributed by atoms with Gasteiger partial charge in [-0.3, -0.25) is 4.79 Å². The standard InChI is InChI=1S/C15H22N2O2S/c18-10-13-3-1-2-12(8-13)9-17-15(19)11-20-14-4-6-16-7-5-14/h1-3,8,14,16,18H,4-7,9-11H2,(H,17,19). The van der Waals surface area contributed by atoms with Gasteiger partial charge in [-0.1, -0.05) is 24.3 Å². The lowest BCUT2D eigenvalue weighted by molar-refractivity contribution is -0.118. The zero-order valence-electron chi connectivity index (χ0n) is 11.6. The minimum absolute atomic E-state index is 0.0351. The molecular weight excluding hydrogens is 272 g/mol. The van der Waals surface area contributed by atoms with Crippen LogP contribution >= 0.6 is 11.8 Å². The number of piperidine rings is 1. The first kappa shape index (κ1) is 15.4. The van der Waals surface area contributed by atoms with Gasteiger partial charge in [0.1, 0.15) is 0 Å². The van der Waals surface area contributed by atoms with Crippen molar-refractivity contribution in [1.82, 2.24) is 10.6 Å². The van der Waals surface area contributed by atoms with Gasteiger partial charge in [0, 0.05) is 11.8 Å². The zero-order chi connectivity index (χ0) is 14.2. The Kier molecular flexibility index (Phi) is 6.36. The SMILES string of the molecule is O=C(CSC1CCNCC1)NCc1cccc(CO)c1. The van der Waals surface area contributed by atoms with Crippen LogP contribution in [0.25, 0.3) is 0 Å². The summed E-state index contributed by atoms with van der Waals surface area (Å²) in [4.78, 5) is 11.8. The minimum atomic E-state index is 0.0351. The number of carbonyl (C=O) groups is 1. The number of benzene rings is 1. The Morgan fingerprint density at radius 2 is 2.10 bits per heavy atom. The molecule has 0 aromatic heterocycles. The fourth-order valence-corrected chi connectivity index (χ4v) is 3.30. The van der Waals surface area contributed by atoms with E-state index in [-0.39, 0.29) is 12.5 Å². The highest BCUT2D eigenvalue weighted by Crippen LogP contribution is 2.19. The van der Waals surface area contributed by atoms with Gasteiger partial charge in [-0.25, -0.2) is 0 Å². The Bertz CT molecular complexity index is 434. The topological polar surface area (TPSA) is 61.4 Å². The third-order valence-corrected chi connectivity index (χ3v) is 4.77. The third kappa shape index (κ3) is 5.15. The predicted octanol–water partition coefficient (Wildman–Crippen LogP) is 1.28. The summed E-state index contributed by atoms with van der Waals surface area (Å²) < 4.78 is 0. The molecule has 110 valence electrons. The summed E-state index contributed by atoms with van der Waals surface area (Å²) in [5.74, 6) is 0.618. The molecule has 1 aliphatic rings. The molecule has 20 heavy (non-hydrogen) atoms. The Morgan fingerprint density at radius 1 is 1.35 bits per heavy atom. The largest absolute Gasteiger partial charge is 0.392 e. The van der Waals surface area contributed by atoms with Crippen LogP contribution in [0, 0.1) is 0 Å². The Labute approximate surface area is 124 Å². The van der Waals surface area contributed by atoms with Crippen LogP contribution in [0.2, 0.25) is 0 Å². The lowest BCUT2D eigenvalue weighted by Crippen LogP contribution is -2.31. The van der Waals surface area contributed by atoms with E-state index in [0.717, 1.165) is 37.1 Å². The molecule has 0 saturated carbocycles. The van der Waals surface area contributed by atoms with Gasteiger partial charge in [-0.05, 0) is 37.1 Å². The van der Waals surface area contributed by atoms with Gasteiger partial charge in [-0.2, -0.15) is 0 Å². The first-order chi connectivity index (χ1) is 9.78. The molecule has 1 aromatic rings. The van der Waals surface area contributed by atoms with Gasteiger partial charge in [-0.15, -0.1) is 11.8 Å². The van der Waals surface area contributed by atoms with Crippen molar-refractivity contribution in [3.8, 4) is 0 Å². The van der Waals surface area contributed by atoms with E-state index in [1.54, 1.807) is 11.8 Å². The highest BCUT2D eigenvalue weighted by Gasteiger charge is 2.14. The van der Waals surface area contributed by atoms with Gasteiger partial charge in [0.15, 0.2) is 0 Å². The second kappa shape index (κ2) is 8.29. The number of hydrogen-bond acceptors (Lipinski definition) is 4. The maximum absolute atomic E-state index is 11.8. The molecule has 3 N–H and O–H groups in total. The normalized spacial score (nSPS) is 16.1. The van der Waals surface area contributed by atoms with Crippen LogP contribution in [0.5, 0.6) is 0 Å². The molecule has 5 heteroatoms. The van der Waals surface area contributed by atoms with E-state index in [1.807, 2.05) is 24.3 Å². The maximum atomic E-state index is 11.8. The molecule has 1 fully saturated rings. The molecule has 1 amide bonds. The van der Waals surface area contributed by atoms with Gasteiger partial charge in [0.05, 0.1) is 12.4 Å². The monoisotopic (exact) mass is 294 g/mol. The van der Waals surface area contributed by atoms with Crippen molar-refractivity contribution in [2.24, 2.45) is 0 Å². The lowest BCUT2D eigenvalue weighted by atomic mass is 10.1. The van der Waals surface area contributed by atoms with Crippen LogP contribution in [0.3, 0.4) is 0 Å². The molecule has 1 heterocycles. The average Bonchev–Trinajstić information content (AvgIpc) is 2.52. The molecule has 0 bridgehead atoms. The molecule has 1 saturated heterocycles. The first-order valence-electron chi connectivity index (χ1n) is 7.05. The van der Waals surface area contributed by atoms with Gasteiger partial charge in [0.2, 0.25) is 5.91 Å². The molecule has 0 radical (unpaired) electrons. The van der Waals surface area contributed by atoms with Crippen LogP contribution < -0.4 is 10.6 Å². The van der Waals surface area contributed by atoms with Crippen LogP contribution in [0.15, 0.2) is 24.3 Å². The number of aliphatic hydroxyl groups excluding tert-OH is 1. The van der Waals surface area contributed by atoms with E-state index in [0.29, 0.717) is 17.5 Å². The quantitative estimate of drug-likeness (QED) is 0.740. The second-order valence-electron chi connectivity index (χ2n) is 5.02. The van der Waals surface area contributed by atoms with Crippen LogP contribution in [-0.4, -0.2) is 35.1 Å². The van der Waals surface area contributed by atoms with Crippen LogP contribution in [-0.2, 0) is 17.9 Å². The van der Waals surface area contributed by atoms with E-state index in [1.165, 1.54) is 0 Å². The molecule has 0 aliphatic carbocycles. The maximum Gasteiger partial charge on any atom is 0.230 e. The van der Waals surface area contributed by atoms with Crippen molar-refractivity contribution in [1.29, 1.82) is 0 Å².